The van der Waals surface area contributed by atoms with Gasteiger partial charge in [0.2, 0.25) is 0 Å². The Morgan fingerprint density at radius 3 is 2.23 bits per heavy atom. The number of urea groups is 1. The Kier molecular flexibility index (Phi) is 10.5. The monoisotopic (exact) mass is 660 g/mol. The van der Waals surface area contributed by atoms with E-state index in [1.165, 1.54) is 58.9 Å². The van der Waals surface area contributed by atoms with Gasteiger partial charge in [-0.05, 0) is 78.8 Å². The molecule has 1 saturated carbocycles. The van der Waals surface area contributed by atoms with Crippen molar-refractivity contribution >= 4 is 41.1 Å². The van der Waals surface area contributed by atoms with Crippen LogP contribution in [-0.4, -0.2) is 58.7 Å². The normalized spacial score (nSPS) is 14.9. The van der Waals surface area contributed by atoms with Crippen LogP contribution in [0.15, 0.2) is 66.7 Å². The van der Waals surface area contributed by atoms with Gasteiger partial charge in [0.25, 0.3) is 17.7 Å². The molecule has 5 rings (SSSR count). The highest BCUT2D eigenvalue weighted by atomic mass is 19.3. The predicted octanol–water partition coefficient (Wildman–Crippen LogP) is 6.82. The van der Waals surface area contributed by atoms with Crippen LogP contribution in [0.4, 0.5) is 25.0 Å². The minimum Gasteiger partial charge on any atom is -0.477 e. The summed E-state index contributed by atoms with van der Waals surface area (Å²) in [6.07, 6.45) is 7.35. The Bertz CT molecular complexity index is 1690. The number of nitrogens with zero attached hydrogens (tertiary/aromatic N) is 2. The largest absolute Gasteiger partial charge is 0.477 e. The number of aliphatic carboxylic acids is 1. The van der Waals surface area contributed by atoms with Crippen LogP contribution >= 0.6 is 0 Å². The summed E-state index contributed by atoms with van der Waals surface area (Å²) in [6, 6.07) is 17.9. The molecule has 252 valence electrons. The number of carbonyl (C=O) groups is 5. The third-order valence-corrected chi connectivity index (χ3v) is 8.82. The predicted molar refractivity (Wildman–Crippen MR) is 176 cm³/mol. The zero-order chi connectivity index (χ0) is 34.4. The number of benzene rings is 3. The second kappa shape index (κ2) is 14.7. The molecule has 12 heteroatoms. The summed E-state index contributed by atoms with van der Waals surface area (Å²) >= 11 is 0. The van der Waals surface area contributed by atoms with Crippen molar-refractivity contribution in [1.29, 1.82) is 0 Å². The molecule has 48 heavy (non-hydrogen) atoms. The number of anilines is 2. The Hall–Kier alpha value is -5.13. The number of hydrogen-bond acceptors (Lipinski definition) is 5. The molecule has 3 N–H and O–H groups in total. The number of hydrogen-bond donors (Lipinski definition) is 3. The summed E-state index contributed by atoms with van der Waals surface area (Å²) in [5.74, 6) is -7.59. The van der Waals surface area contributed by atoms with Crippen molar-refractivity contribution in [2.75, 3.05) is 23.3 Å². The third-order valence-electron chi connectivity index (χ3n) is 8.82. The van der Waals surface area contributed by atoms with Crippen molar-refractivity contribution in [2.45, 2.75) is 70.3 Å². The molecule has 0 saturated heterocycles. The summed E-state index contributed by atoms with van der Waals surface area (Å²) in [5, 5.41) is 13.4. The van der Waals surface area contributed by atoms with Crippen LogP contribution < -0.4 is 15.5 Å². The van der Waals surface area contributed by atoms with Gasteiger partial charge < -0.3 is 15.7 Å². The van der Waals surface area contributed by atoms with E-state index in [1.807, 2.05) is 36.5 Å². The van der Waals surface area contributed by atoms with Gasteiger partial charge >= 0.3 is 17.9 Å². The molecule has 3 aromatic rings. The highest BCUT2D eigenvalue weighted by molar-refractivity contribution is 6.22. The molecule has 1 aliphatic heterocycles. The molecule has 5 amide bonds. The standard InChI is InChI=1S/C36H38F2N4O6/c1-2-3-19-41-32(44)29-18-15-27(20-30(29)33(41)45)40-35(48)42(28-16-13-25(14-17-28)24-7-5-4-6-8-24)21-23-9-11-26(12-10-23)31(43)39-22-36(37,38)34(46)47/h9-18,20,24H,2-8,19,21-22H2,1H3,(H,39,43)(H,40,48)(H,46,47). The van der Waals surface area contributed by atoms with Crippen LogP contribution in [0, 0.1) is 0 Å². The fourth-order valence-corrected chi connectivity index (χ4v) is 6.03. The van der Waals surface area contributed by atoms with Gasteiger partial charge in [-0.15, -0.1) is 0 Å². The molecule has 3 aromatic carbocycles. The lowest BCUT2D eigenvalue weighted by atomic mass is 9.84. The number of fused-ring (bicyclic) bond motifs is 1. The molecule has 10 nitrogen and oxygen atoms in total. The number of carbonyl (C=O) groups excluding carboxylic acids is 4. The maximum Gasteiger partial charge on any atom is 0.376 e. The molecule has 0 bridgehead atoms. The van der Waals surface area contributed by atoms with E-state index >= 15 is 0 Å². The topological polar surface area (TPSA) is 136 Å². The third kappa shape index (κ3) is 7.70. The molecule has 0 unspecified atom stereocenters. The van der Waals surface area contributed by atoms with E-state index in [2.05, 4.69) is 5.32 Å². The highest BCUT2D eigenvalue weighted by Gasteiger charge is 2.39. The van der Waals surface area contributed by atoms with E-state index in [-0.39, 0.29) is 23.6 Å². The van der Waals surface area contributed by atoms with Crippen LogP contribution in [-0.2, 0) is 11.3 Å². The van der Waals surface area contributed by atoms with E-state index in [0.29, 0.717) is 41.4 Å². The second-order valence-electron chi connectivity index (χ2n) is 12.2. The fraction of sp³-hybridized carbons (Fsp3) is 0.361. The minimum absolute atomic E-state index is 0.0399. The van der Waals surface area contributed by atoms with Crippen molar-refractivity contribution in [1.82, 2.24) is 10.2 Å². The first kappa shape index (κ1) is 34.2. The number of imide groups is 1. The van der Waals surface area contributed by atoms with E-state index in [1.54, 1.807) is 18.2 Å². The number of nitrogens with one attached hydrogen (secondary N) is 2. The molecule has 0 atom stereocenters. The summed E-state index contributed by atoms with van der Waals surface area (Å²) < 4.78 is 26.9. The molecular weight excluding hydrogens is 622 g/mol. The van der Waals surface area contributed by atoms with Gasteiger partial charge in [-0.25, -0.2) is 9.59 Å². The summed E-state index contributed by atoms with van der Waals surface area (Å²) in [5.41, 5.74) is 3.33. The molecule has 0 radical (unpaired) electrons. The van der Waals surface area contributed by atoms with Crippen LogP contribution in [0.5, 0.6) is 0 Å². The van der Waals surface area contributed by atoms with Crippen LogP contribution in [0.25, 0.3) is 0 Å². The molecular formula is C36H38F2N4O6. The lowest BCUT2D eigenvalue weighted by Crippen LogP contribution is -2.42. The zero-order valence-corrected chi connectivity index (χ0v) is 26.6. The lowest BCUT2D eigenvalue weighted by molar-refractivity contribution is -0.163. The molecule has 0 aromatic heterocycles. The van der Waals surface area contributed by atoms with E-state index in [9.17, 15) is 32.8 Å². The Morgan fingerprint density at radius 2 is 1.58 bits per heavy atom. The van der Waals surface area contributed by atoms with Crippen LogP contribution in [0.2, 0.25) is 0 Å². The van der Waals surface area contributed by atoms with Crippen molar-refractivity contribution in [3.8, 4) is 0 Å². The zero-order valence-electron chi connectivity index (χ0n) is 26.6. The number of carboxylic acid groups (broad SMARTS) is 1. The van der Waals surface area contributed by atoms with Gasteiger partial charge in [-0.3, -0.25) is 24.2 Å². The van der Waals surface area contributed by atoms with Crippen LogP contribution in [0.3, 0.4) is 0 Å². The van der Waals surface area contributed by atoms with Crippen molar-refractivity contribution in [3.05, 3.63) is 94.5 Å². The minimum atomic E-state index is -4.11. The van der Waals surface area contributed by atoms with Crippen LogP contribution in [0.1, 0.15) is 100.0 Å². The second-order valence-corrected chi connectivity index (χ2v) is 12.2. The van der Waals surface area contributed by atoms with E-state index in [4.69, 9.17) is 5.11 Å². The maximum atomic E-state index is 13.8. The first-order valence-electron chi connectivity index (χ1n) is 16.2. The molecule has 1 aliphatic carbocycles. The lowest BCUT2D eigenvalue weighted by Gasteiger charge is -2.26. The van der Waals surface area contributed by atoms with Gasteiger partial charge in [-0.2, -0.15) is 8.78 Å². The van der Waals surface area contributed by atoms with Crippen molar-refractivity contribution in [2.24, 2.45) is 0 Å². The van der Waals surface area contributed by atoms with Gasteiger partial charge in [0.05, 0.1) is 24.2 Å². The quantitative estimate of drug-likeness (QED) is 0.183. The molecule has 1 heterocycles. The fourth-order valence-electron chi connectivity index (χ4n) is 6.03. The van der Waals surface area contributed by atoms with Gasteiger partial charge in [-0.1, -0.05) is 56.9 Å². The van der Waals surface area contributed by atoms with Gasteiger partial charge in [0.1, 0.15) is 0 Å². The summed E-state index contributed by atoms with van der Waals surface area (Å²) in [7, 11) is 0. The van der Waals surface area contributed by atoms with E-state index in [0.717, 1.165) is 19.3 Å². The van der Waals surface area contributed by atoms with Gasteiger partial charge in [0.15, 0.2) is 0 Å². The molecule has 0 spiro atoms. The number of rotatable bonds is 12. The maximum absolute atomic E-state index is 13.8. The number of amides is 5. The number of unbranched alkanes of at least 4 members (excludes halogenated alkanes) is 1. The number of carboxylic acids is 1. The first-order chi connectivity index (χ1) is 23.0. The first-order valence-corrected chi connectivity index (χ1v) is 16.2. The summed E-state index contributed by atoms with van der Waals surface area (Å²) in [4.78, 5) is 65.4. The smallest absolute Gasteiger partial charge is 0.376 e. The summed E-state index contributed by atoms with van der Waals surface area (Å²) in [6.45, 7) is 1.01. The highest BCUT2D eigenvalue weighted by Crippen LogP contribution is 2.34. The van der Waals surface area contributed by atoms with Gasteiger partial charge in [0, 0.05) is 23.5 Å². The Morgan fingerprint density at radius 1 is 0.917 bits per heavy atom. The Balaban J connectivity index is 1.35. The molecule has 2 aliphatic rings. The average molecular weight is 661 g/mol. The SMILES string of the molecule is CCCCN1C(=O)c2ccc(NC(=O)N(Cc3ccc(C(=O)NCC(F)(F)C(=O)O)cc3)c3ccc(C4CCCCC4)cc3)cc2C1=O. The number of halogens is 2. The van der Waals surface area contributed by atoms with E-state index < -0.39 is 36.3 Å². The molecule has 1 fully saturated rings. The average Bonchev–Trinajstić information content (AvgIpc) is 3.33. The Labute approximate surface area is 277 Å². The number of alkyl halides is 2. The van der Waals surface area contributed by atoms with Crippen molar-refractivity contribution in [3.63, 3.8) is 0 Å². The van der Waals surface area contributed by atoms with Crippen molar-refractivity contribution < 1.29 is 37.9 Å².